The van der Waals surface area contributed by atoms with Crippen LogP contribution < -0.4 is 26.6 Å². The Hall–Kier alpha value is -6.67. The van der Waals surface area contributed by atoms with Crippen molar-refractivity contribution in [1.82, 2.24) is 45.2 Å². The number of anilines is 6. The summed E-state index contributed by atoms with van der Waals surface area (Å²) in [4.78, 5) is 101. The Morgan fingerprint density at radius 2 is 0.882 bits per heavy atom. The fourth-order valence-corrected chi connectivity index (χ4v) is 9.70. The van der Waals surface area contributed by atoms with E-state index in [0.717, 1.165) is 51.9 Å². The van der Waals surface area contributed by atoms with Crippen LogP contribution in [0, 0.1) is 0 Å². The standard InChI is InChI=1S/C49H58N12O7/c62-27-20-50-18-7-24-59-41(63)35-15-12-32(28-38(35)44(59)66)52-47-55-48(53-33-13-16-36-39(29-33)45(67)60(42(36)64)25-8-19-51-31-10-3-1-4-11-31)57-49(56-47)54-34-14-17-37-40(30-34)46(68)61(43(37)65)26-9-23-58-21-5-2-6-22-58/h12-17,28-31,50-51,62H,1-11,18-27H2,(H3,52,53,54,55,56,57). The van der Waals surface area contributed by atoms with Gasteiger partial charge in [-0.1, -0.05) is 25.7 Å². The van der Waals surface area contributed by atoms with Crippen LogP contribution in [0.15, 0.2) is 54.6 Å². The number of carbonyl (C=O) groups is 6. The minimum atomic E-state index is -0.430. The van der Waals surface area contributed by atoms with Gasteiger partial charge in [-0.05, 0) is 132 Å². The van der Waals surface area contributed by atoms with E-state index in [9.17, 15) is 28.8 Å². The normalized spacial score (nSPS) is 17.3. The minimum absolute atomic E-state index is 0.0109. The van der Waals surface area contributed by atoms with Crippen molar-refractivity contribution in [1.29, 1.82) is 0 Å². The number of hydrogen-bond acceptors (Lipinski definition) is 16. The molecule has 0 bridgehead atoms. The summed E-state index contributed by atoms with van der Waals surface area (Å²) in [7, 11) is 0. The van der Waals surface area contributed by atoms with Gasteiger partial charge < -0.3 is 36.6 Å². The number of benzene rings is 3. The molecule has 0 unspecified atom stereocenters. The van der Waals surface area contributed by atoms with Crippen LogP contribution in [-0.4, -0.2) is 147 Å². The summed E-state index contributed by atoms with van der Waals surface area (Å²) in [6.45, 7) is 5.38. The first-order chi connectivity index (χ1) is 33.1. The number of aliphatic hydroxyl groups excluding tert-OH is 1. The van der Waals surface area contributed by atoms with Crippen molar-refractivity contribution in [3.8, 4) is 0 Å². The summed E-state index contributed by atoms with van der Waals surface area (Å²) in [5, 5.41) is 25.1. The maximum atomic E-state index is 13.6. The zero-order valence-corrected chi connectivity index (χ0v) is 38.1. The highest BCUT2D eigenvalue weighted by Crippen LogP contribution is 2.32. The highest BCUT2D eigenvalue weighted by molar-refractivity contribution is 6.23. The second-order valence-corrected chi connectivity index (χ2v) is 18.0. The molecule has 3 aromatic carbocycles. The van der Waals surface area contributed by atoms with Gasteiger partial charge >= 0.3 is 0 Å². The molecule has 0 atom stereocenters. The Morgan fingerprint density at radius 3 is 1.34 bits per heavy atom. The molecule has 6 amide bonds. The Bertz CT molecular complexity index is 2590. The lowest BCUT2D eigenvalue weighted by Crippen LogP contribution is -2.35. The topological polar surface area (TPSA) is 234 Å². The lowest BCUT2D eigenvalue weighted by molar-refractivity contribution is 0.0632. The Morgan fingerprint density at radius 1 is 0.471 bits per heavy atom. The summed E-state index contributed by atoms with van der Waals surface area (Å²) >= 11 is 0. The first-order valence-corrected chi connectivity index (χ1v) is 24.0. The van der Waals surface area contributed by atoms with Crippen LogP contribution in [0.5, 0.6) is 0 Å². The third-order valence-electron chi connectivity index (χ3n) is 13.2. The van der Waals surface area contributed by atoms with Crippen molar-refractivity contribution in [2.75, 3.05) is 81.5 Å². The summed E-state index contributed by atoms with van der Waals surface area (Å²) in [6.07, 6.45) is 11.4. The average Bonchev–Trinajstić information content (AvgIpc) is 3.84. The Labute approximate surface area is 394 Å². The molecule has 5 heterocycles. The number of aromatic nitrogens is 3. The molecule has 1 aliphatic carbocycles. The number of piperidine rings is 1. The lowest BCUT2D eigenvalue weighted by atomic mass is 9.95. The van der Waals surface area contributed by atoms with E-state index in [1.807, 2.05) is 0 Å². The molecule has 4 aromatic rings. The van der Waals surface area contributed by atoms with Gasteiger partial charge in [-0.25, -0.2) is 0 Å². The van der Waals surface area contributed by atoms with Crippen molar-refractivity contribution < 1.29 is 33.9 Å². The first kappa shape index (κ1) is 46.4. The Balaban J connectivity index is 0.926. The van der Waals surface area contributed by atoms with Crippen LogP contribution in [0.3, 0.4) is 0 Å². The maximum Gasteiger partial charge on any atom is 0.261 e. The van der Waals surface area contributed by atoms with E-state index in [-0.39, 0.29) is 76.9 Å². The molecular weight excluding hydrogens is 869 g/mol. The van der Waals surface area contributed by atoms with Gasteiger partial charge in [-0.3, -0.25) is 43.5 Å². The van der Waals surface area contributed by atoms with Gasteiger partial charge in [-0.15, -0.1) is 0 Å². The number of likely N-dealkylation sites (tertiary alicyclic amines) is 1. The second-order valence-electron chi connectivity index (χ2n) is 18.0. The Kier molecular flexibility index (Phi) is 14.4. The molecule has 5 aliphatic rings. The van der Waals surface area contributed by atoms with Gasteiger partial charge in [-0.2, -0.15) is 15.0 Å². The van der Waals surface area contributed by atoms with Crippen LogP contribution in [0.4, 0.5) is 34.9 Å². The van der Waals surface area contributed by atoms with Crippen LogP contribution in [0.1, 0.15) is 133 Å². The molecule has 1 saturated carbocycles. The first-order valence-electron chi connectivity index (χ1n) is 24.0. The summed E-state index contributed by atoms with van der Waals surface area (Å²) in [5.41, 5.74) is 2.94. The maximum absolute atomic E-state index is 13.6. The second kappa shape index (κ2) is 21.1. The van der Waals surface area contributed by atoms with Gasteiger partial charge in [0, 0.05) is 49.3 Å². The van der Waals surface area contributed by atoms with E-state index in [2.05, 4.69) is 46.4 Å². The van der Waals surface area contributed by atoms with Crippen molar-refractivity contribution in [2.45, 2.75) is 76.7 Å². The van der Waals surface area contributed by atoms with E-state index >= 15 is 0 Å². The van der Waals surface area contributed by atoms with Crippen LogP contribution >= 0.6 is 0 Å². The van der Waals surface area contributed by atoms with Crippen LogP contribution in [0.25, 0.3) is 0 Å². The number of amides is 6. The van der Waals surface area contributed by atoms with Gasteiger partial charge in [0.2, 0.25) is 17.8 Å². The van der Waals surface area contributed by atoms with E-state index in [4.69, 9.17) is 5.11 Å². The minimum Gasteiger partial charge on any atom is -0.395 e. The van der Waals surface area contributed by atoms with Gasteiger partial charge in [0.05, 0.1) is 40.0 Å². The van der Waals surface area contributed by atoms with Gasteiger partial charge in [0.1, 0.15) is 0 Å². The highest BCUT2D eigenvalue weighted by Gasteiger charge is 2.38. The zero-order chi connectivity index (χ0) is 47.1. The predicted molar refractivity (Wildman–Crippen MR) is 254 cm³/mol. The van der Waals surface area contributed by atoms with E-state index in [0.29, 0.717) is 79.7 Å². The molecule has 6 N–H and O–H groups in total. The summed E-state index contributed by atoms with van der Waals surface area (Å²) in [5.74, 6) is -2.09. The smallest absolute Gasteiger partial charge is 0.261 e. The molecule has 1 saturated heterocycles. The van der Waals surface area contributed by atoms with Gasteiger partial charge in [0.25, 0.3) is 35.4 Å². The molecule has 9 rings (SSSR count). The molecular formula is C49H58N12O7. The molecule has 0 spiro atoms. The van der Waals surface area contributed by atoms with Crippen LogP contribution in [0.2, 0.25) is 0 Å². The highest BCUT2D eigenvalue weighted by atomic mass is 16.3. The van der Waals surface area contributed by atoms with Crippen molar-refractivity contribution >= 4 is 70.4 Å². The number of hydrogen-bond donors (Lipinski definition) is 6. The third kappa shape index (κ3) is 10.3. The lowest BCUT2D eigenvalue weighted by Gasteiger charge is -2.26. The quantitative estimate of drug-likeness (QED) is 0.0474. The summed E-state index contributed by atoms with van der Waals surface area (Å²) in [6, 6.07) is 15.0. The number of fused-ring (bicyclic) bond motifs is 3. The largest absolute Gasteiger partial charge is 0.395 e. The molecule has 68 heavy (non-hydrogen) atoms. The van der Waals surface area contributed by atoms with Crippen molar-refractivity contribution in [2.24, 2.45) is 0 Å². The number of imide groups is 3. The predicted octanol–water partition coefficient (Wildman–Crippen LogP) is 5.05. The fraction of sp³-hybridized carbons (Fsp3) is 0.449. The van der Waals surface area contributed by atoms with Gasteiger partial charge in [0.15, 0.2) is 0 Å². The molecule has 0 radical (unpaired) electrons. The SMILES string of the molecule is O=C1c2ccc(Nc3nc(Nc4ccc5c(c4)C(=O)N(CCCNC4CCCCC4)C5=O)nc(Nc4ccc5c(c4)C(=O)N(CCCN4CCCCC4)C5=O)n3)cc2C(=O)N1CCCNCCO. The molecule has 4 aliphatic heterocycles. The number of carbonyl (C=O) groups excluding carboxylic acids is 6. The van der Waals surface area contributed by atoms with E-state index < -0.39 is 11.8 Å². The van der Waals surface area contributed by atoms with E-state index in [1.54, 1.807) is 54.6 Å². The van der Waals surface area contributed by atoms with E-state index in [1.165, 1.54) is 40.4 Å². The zero-order valence-electron chi connectivity index (χ0n) is 38.1. The van der Waals surface area contributed by atoms with Crippen LogP contribution in [-0.2, 0) is 0 Å². The summed E-state index contributed by atoms with van der Waals surface area (Å²) < 4.78 is 0. The number of rotatable bonds is 21. The molecule has 356 valence electrons. The average molecular weight is 927 g/mol. The molecule has 1 aromatic heterocycles. The molecule has 2 fully saturated rings. The van der Waals surface area contributed by atoms with Crippen molar-refractivity contribution in [3.63, 3.8) is 0 Å². The number of nitrogens with one attached hydrogen (secondary N) is 5. The molecule has 19 nitrogen and oxygen atoms in total. The number of aliphatic hydroxyl groups is 1. The monoisotopic (exact) mass is 926 g/mol. The van der Waals surface area contributed by atoms with Crippen molar-refractivity contribution in [3.05, 3.63) is 88.0 Å². The fourth-order valence-electron chi connectivity index (χ4n) is 9.70. The molecule has 19 heteroatoms. The number of nitrogens with zero attached hydrogens (tertiary/aromatic N) is 7. The third-order valence-corrected chi connectivity index (χ3v) is 13.2.